The Morgan fingerprint density at radius 1 is 1.44 bits per heavy atom. The third-order valence-electron chi connectivity index (χ3n) is 2.56. The van der Waals surface area contributed by atoms with Gasteiger partial charge in [0.15, 0.2) is 0 Å². The molecule has 5 heteroatoms. The van der Waals surface area contributed by atoms with Gasteiger partial charge in [-0.2, -0.15) is 4.37 Å². The van der Waals surface area contributed by atoms with Crippen molar-refractivity contribution in [1.29, 1.82) is 0 Å². The standard InChI is InChI=1S/C11H22N4S/c1-4-9-14-10(16-15-9)13-8-11(2,3)6-5-7-12/h4-8,12H2,1-3H3,(H,13,14,15). The van der Waals surface area contributed by atoms with Crippen molar-refractivity contribution >= 4 is 16.7 Å². The second-order valence-electron chi connectivity index (χ2n) is 4.78. The molecule has 0 radical (unpaired) electrons. The van der Waals surface area contributed by atoms with E-state index < -0.39 is 0 Å². The van der Waals surface area contributed by atoms with Crippen LogP contribution in [0.2, 0.25) is 0 Å². The predicted molar refractivity (Wildman–Crippen MR) is 69.8 cm³/mol. The minimum Gasteiger partial charge on any atom is -0.360 e. The van der Waals surface area contributed by atoms with Crippen molar-refractivity contribution in [2.24, 2.45) is 11.1 Å². The largest absolute Gasteiger partial charge is 0.360 e. The van der Waals surface area contributed by atoms with Crippen LogP contribution in [0.15, 0.2) is 0 Å². The van der Waals surface area contributed by atoms with Crippen LogP contribution in [0.25, 0.3) is 0 Å². The Morgan fingerprint density at radius 3 is 2.75 bits per heavy atom. The van der Waals surface area contributed by atoms with Crippen LogP contribution in [0.3, 0.4) is 0 Å². The van der Waals surface area contributed by atoms with Crippen LogP contribution in [0.1, 0.15) is 39.4 Å². The van der Waals surface area contributed by atoms with Gasteiger partial charge in [-0.25, -0.2) is 4.98 Å². The van der Waals surface area contributed by atoms with Crippen molar-refractivity contribution in [3.05, 3.63) is 5.82 Å². The van der Waals surface area contributed by atoms with E-state index in [9.17, 15) is 0 Å². The van der Waals surface area contributed by atoms with E-state index in [-0.39, 0.29) is 5.41 Å². The SMILES string of the molecule is CCc1nsc(NCC(C)(C)CCCN)n1. The highest BCUT2D eigenvalue weighted by Gasteiger charge is 2.17. The van der Waals surface area contributed by atoms with E-state index in [2.05, 4.69) is 35.4 Å². The minimum absolute atomic E-state index is 0.261. The Labute approximate surface area is 102 Å². The maximum absolute atomic E-state index is 5.52. The van der Waals surface area contributed by atoms with E-state index in [1.54, 1.807) is 0 Å². The Hall–Kier alpha value is -0.680. The monoisotopic (exact) mass is 242 g/mol. The molecule has 0 spiro atoms. The number of anilines is 1. The summed E-state index contributed by atoms with van der Waals surface area (Å²) in [4.78, 5) is 4.38. The van der Waals surface area contributed by atoms with Crippen molar-refractivity contribution < 1.29 is 0 Å². The lowest BCUT2D eigenvalue weighted by atomic mass is 9.88. The molecule has 4 nitrogen and oxygen atoms in total. The lowest BCUT2D eigenvalue weighted by molar-refractivity contribution is 0.350. The van der Waals surface area contributed by atoms with E-state index in [1.807, 2.05) is 0 Å². The first-order valence-electron chi connectivity index (χ1n) is 5.84. The lowest BCUT2D eigenvalue weighted by Crippen LogP contribution is -2.24. The third kappa shape index (κ3) is 4.45. The van der Waals surface area contributed by atoms with Gasteiger partial charge in [0.2, 0.25) is 5.13 Å². The van der Waals surface area contributed by atoms with Gasteiger partial charge < -0.3 is 11.1 Å². The molecule has 92 valence electrons. The molecule has 16 heavy (non-hydrogen) atoms. The third-order valence-corrected chi connectivity index (χ3v) is 3.27. The summed E-state index contributed by atoms with van der Waals surface area (Å²) in [5.74, 6) is 0.923. The number of nitrogens with zero attached hydrogens (tertiary/aromatic N) is 2. The number of hydrogen-bond donors (Lipinski definition) is 2. The zero-order valence-electron chi connectivity index (χ0n) is 10.4. The summed E-state index contributed by atoms with van der Waals surface area (Å²) in [6, 6.07) is 0. The average molecular weight is 242 g/mol. The van der Waals surface area contributed by atoms with E-state index in [0.717, 1.165) is 43.3 Å². The normalized spacial score (nSPS) is 11.8. The fraction of sp³-hybridized carbons (Fsp3) is 0.818. The van der Waals surface area contributed by atoms with E-state index in [4.69, 9.17) is 5.73 Å². The number of aryl methyl sites for hydroxylation is 1. The molecule has 3 N–H and O–H groups in total. The highest BCUT2D eigenvalue weighted by atomic mass is 32.1. The van der Waals surface area contributed by atoms with Crippen molar-refractivity contribution in [2.45, 2.75) is 40.0 Å². The maximum Gasteiger partial charge on any atom is 0.202 e. The Balaban J connectivity index is 2.37. The number of aromatic nitrogens is 2. The molecule has 0 bridgehead atoms. The maximum atomic E-state index is 5.52. The molecule has 1 aromatic heterocycles. The second-order valence-corrected chi connectivity index (χ2v) is 5.53. The first-order valence-corrected chi connectivity index (χ1v) is 6.61. The van der Waals surface area contributed by atoms with Crippen LogP contribution in [0.5, 0.6) is 0 Å². The van der Waals surface area contributed by atoms with Gasteiger partial charge in [0.05, 0.1) is 0 Å². The number of nitrogens with two attached hydrogens (primary N) is 1. The molecule has 0 fully saturated rings. The molecule has 0 aliphatic carbocycles. The van der Waals surface area contributed by atoms with Crippen LogP contribution in [0.4, 0.5) is 5.13 Å². The van der Waals surface area contributed by atoms with Gasteiger partial charge in [-0.15, -0.1) is 0 Å². The predicted octanol–water partition coefficient (Wildman–Crippen LogP) is 2.28. The zero-order valence-corrected chi connectivity index (χ0v) is 11.2. The number of hydrogen-bond acceptors (Lipinski definition) is 5. The molecule has 1 aromatic rings. The molecule has 0 saturated heterocycles. The lowest BCUT2D eigenvalue weighted by Gasteiger charge is -2.24. The zero-order chi connectivity index (χ0) is 12.0. The van der Waals surface area contributed by atoms with Gasteiger partial charge in [0, 0.05) is 24.5 Å². The van der Waals surface area contributed by atoms with E-state index >= 15 is 0 Å². The van der Waals surface area contributed by atoms with Crippen molar-refractivity contribution in [3.8, 4) is 0 Å². The molecule has 1 heterocycles. The van der Waals surface area contributed by atoms with Crippen LogP contribution >= 0.6 is 11.5 Å². The summed E-state index contributed by atoms with van der Waals surface area (Å²) in [5.41, 5.74) is 5.78. The molecule has 1 rings (SSSR count). The Kier molecular flexibility index (Phi) is 5.15. The van der Waals surface area contributed by atoms with E-state index in [0.29, 0.717) is 0 Å². The quantitative estimate of drug-likeness (QED) is 0.770. The van der Waals surface area contributed by atoms with Crippen molar-refractivity contribution in [2.75, 3.05) is 18.4 Å². The molecular weight excluding hydrogens is 220 g/mol. The highest BCUT2D eigenvalue weighted by molar-refractivity contribution is 7.09. The number of rotatable bonds is 7. The average Bonchev–Trinajstić information content (AvgIpc) is 2.72. The molecule has 0 atom stereocenters. The van der Waals surface area contributed by atoms with Crippen LogP contribution in [-0.4, -0.2) is 22.4 Å². The minimum atomic E-state index is 0.261. The Morgan fingerprint density at radius 2 is 2.19 bits per heavy atom. The van der Waals surface area contributed by atoms with Gasteiger partial charge >= 0.3 is 0 Å². The van der Waals surface area contributed by atoms with Gasteiger partial charge in [-0.1, -0.05) is 20.8 Å². The van der Waals surface area contributed by atoms with Crippen LogP contribution < -0.4 is 11.1 Å². The second kappa shape index (κ2) is 6.15. The first-order chi connectivity index (χ1) is 7.57. The summed E-state index contributed by atoms with van der Waals surface area (Å²) in [7, 11) is 0. The molecule has 0 saturated carbocycles. The smallest absolute Gasteiger partial charge is 0.202 e. The van der Waals surface area contributed by atoms with Crippen molar-refractivity contribution in [3.63, 3.8) is 0 Å². The fourth-order valence-corrected chi connectivity index (χ4v) is 2.10. The molecule has 0 aliphatic rings. The van der Waals surface area contributed by atoms with Gasteiger partial charge in [-0.05, 0) is 24.8 Å². The van der Waals surface area contributed by atoms with Gasteiger partial charge in [0.25, 0.3) is 0 Å². The Bertz CT molecular complexity index is 309. The van der Waals surface area contributed by atoms with Crippen molar-refractivity contribution in [1.82, 2.24) is 9.36 Å². The fourth-order valence-electron chi connectivity index (χ4n) is 1.45. The topological polar surface area (TPSA) is 63.8 Å². The summed E-state index contributed by atoms with van der Waals surface area (Å²) >= 11 is 1.44. The number of nitrogens with one attached hydrogen (secondary N) is 1. The molecule has 0 amide bonds. The summed E-state index contributed by atoms with van der Waals surface area (Å²) in [5, 5.41) is 4.28. The highest BCUT2D eigenvalue weighted by Crippen LogP contribution is 2.23. The molecule has 0 unspecified atom stereocenters. The summed E-state index contributed by atoms with van der Waals surface area (Å²) in [6.07, 6.45) is 3.11. The van der Waals surface area contributed by atoms with E-state index in [1.165, 1.54) is 11.5 Å². The first kappa shape index (κ1) is 13.4. The van der Waals surface area contributed by atoms with Gasteiger partial charge in [0.1, 0.15) is 5.82 Å². The molecule has 0 aliphatic heterocycles. The molecule has 0 aromatic carbocycles. The summed E-state index contributed by atoms with van der Waals surface area (Å²) < 4.78 is 4.25. The van der Waals surface area contributed by atoms with Crippen LogP contribution in [0, 0.1) is 5.41 Å². The van der Waals surface area contributed by atoms with Crippen LogP contribution in [-0.2, 0) is 6.42 Å². The molecular formula is C11H22N4S. The van der Waals surface area contributed by atoms with Gasteiger partial charge in [-0.3, -0.25) is 0 Å². The summed E-state index contributed by atoms with van der Waals surface area (Å²) in [6.45, 7) is 8.25.